The number of aryl methyl sites for hydroxylation is 1. The zero-order valence-electron chi connectivity index (χ0n) is 24.5. The Morgan fingerprint density at radius 1 is 1.17 bits per heavy atom. The number of aromatic nitrogens is 4. The Kier molecular flexibility index (Phi) is 7.53. The molecule has 0 bridgehead atoms. The van der Waals surface area contributed by atoms with E-state index in [9.17, 15) is 4.79 Å². The van der Waals surface area contributed by atoms with Gasteiger partial charge in [-0.2, -0.15) is 10.1 Å². The fourth-order valence-corrected chi connectivity index (χ4v) is 6.69. The number of nitrogens with zero attached hydrogens (tertiary/aromatic N) is 7. The van der Waals surface area contributed by atoms with Crippen LogP contribution in [0.4, 0.5) is 16.2 Å². The second-order valence-corrected chi connectivity index (χ2v) is 11.6. The number of aromatic amines is 1. The lowest BCUT2D eigenvalue weighted by Gasteiger charge is -2.45. The van der Waals surface area contributed by atoms with Crippen LogP contribution in [-0.4, -0.2) is 93.8 Å². The molecular weight excluding hydrogens is 555 g/mol. The van der Waals surface area contributed by atoms with E-state index in [1.54, 1.807) is 17.2 Å². The molecule has 2 aromatic heterocycles. The van der Waals surface area contributed by atoms with Crippen LogP contribution in [0.25, 0.3) is 32.9 Å². The Morgan fingerprint density at radius 2 is 1.93 bits per heavy atom. The molecule has 1 N–H and O–H groups in total. The largest absolute Gasteiger partial charge is 0.350 e. The van der Waals surface area contributed by atoms with Crippen LogP contribution < -0.4 is 9.80 Å². The van der Waals surface area contributed by atoms with Gasteiger partial charge in [-0.1, -0.05) is 38.1 Å². The predicted molar refractivity (Wildman–Crippen MR) is 167 cm³/mol. The highest BCUT2D eigenvalue weighted by atomic mass is 35.5. The molecule has 220 valence electrons. The molecule has 2 saturated heterocycles. The molecule has 0 spiro atoms. The van der Waals surface area contributed by atoms with Crippen LogP contribution in [0, 0.1) is 12.7 Å². The van der Waals surface area contributed by atoms with Crippen molar-refractivity contribution in [2.45, 2.75) is 39.8 Å². The van der Waals surface area contributed by atoms with E-state index in [1.807, 2.05) is 26.0 Å². The quantitative estimate of drug-likeness (QED) is 0.302. The first-order chi connectivity index (χ1) is 20.2. The number of piperazine rings is 1. The van der Waals surface area contributed by atoms with E-state index < -0.39 is 5.82 Å². The SMILES string of the molecule is C=CC(=O)N1CCN(c2nc(N3CC(N(CC)CC)C3)nc3c(F)c(-c4c(C)ccc5[nH]ncc45)c(Cl)cc23)[C@@H](C)C1. The molecule has 11 heteroatoms. The van der Waals surface area contributed by atoms with E-state index in [1.165, 1.54) is 6.08 Å². The van der Waals surface area contributed by atoms with Crippen LogP contribution in [0.15, 0.2) is 37.1 Å². The van der Waals surface area contributed by atoms with Gasteiger partial charge in [0.25, 0.3) is 0 Å². The summed E-state index contributed by atoms with van der Waals surface area (Å²) in [5.74, 6) is 0.557. The fourth-order valence-electron chi connectivity index (χ4n) is 6.41. The second kappa shape index (κ2) is 11.1. The van der Waals surface area contributed by atoms with Crippen LogP contribution in [-0.2, 0) is 4.79 Å². The summed E-state index contributed by atoms with van der Waals surface area (Å²) in [6, 6.07) is 6.00. The maximum atomic E-state index is 16.9. The summed E-state index contributed by atoms with van der Waals surface area (Å²) >= 11 is 6.92. The highest BCUT2D eigenvalue weighted by Crippen LogP contribution is 2.43. The van der Waals surface area contributed by atoms with Crippen molar-refractivity contribution in [3.8, 4) is 11.1 Å². The minimum Gasteiger partial charge on any atom is -0.350 e. The van der Waals surface area contributed by atoms with Gasteiger partial charge < -0.3 is 14.7 Å². The highest BCUT2D eigenvalue weighted by Gasteiger charge is 2.35. The molecule has 42 heavy (non-hydrogen) atoms. The van der Waals surface area contributed by atoms with Crippen molar-refractivity contribution in [2.24, 2.45) is 0 Å². The Balaban J connectivity index is 1.50. The molecule has 0 unspecified atom stereocenters. The van der Waals surface area contributed by atoms with Gasteiger partial charge in [0.2, 0.25) is 11.9 Å². The molecule has 2 fully saturated rings. The summed E-state index contributed by atoms with van der Waals surface area (Å²) in [6.07, 6.45) is 3.05. The minimum atomic E-state index is -0.479. The minimum absolute atomic E-state index is 0.0585. The predicted octanol–water partition coefficient (Wildman–Crippen LogP) is 5.03. The van der Waals surface area contributed by atoms with E-state index in [0.717, 1.165) is 42.6 Å². The van der Waals surface area contributed by atoms with Crippen LogP contribution in [0.2, 0.25) is 5.02 Å². The summed E-state index contributed by atoms with van der Waals surface area (Å²) in [6.45, 7) is 17.0. The average Bonchev–Trinajstić information content (AvgIpc) is 3.44. The van der Waals surface area contributed by atoms with E-state index in [-0.39, 0.29) is 22.5 Å². The van der Waals surface area contributed by atoms with Crippen molar-refractivity contribution >= 4 is 51.1 Å². The molecule has 0 aliphatic carbocycles. The number of benzene rings is 2. The number of likely N-dealkylation sites (N-methyl/N-ethyl adjacent to an activating group) is 1. The van der Waals surface area contributed by atoms with Crippen molar-refractivity contribution in [3.63, 3.8) is 0 Å². The lowest BCUT2D eigenvalue weighted by molar-refractivity contribution is -0.126. The average molecular weight is 591 g/mol. The van der Waals surface area contributed by atoms with Crippen LogP contribution >= 0.6 is 11.6 Å². The zero-order valence-corrected chi connectivity index (χ0v) is 25.2. The molecular formula is C31H36ClFN8O. The van der Waals surface area contributed by atoms with Gasteiger partial charge in [-0.25, -0.2) is 9.37 Å². The van der Waals surface area contributed by atoms with Gasteiger partial charge in [0, 0.05) is 66.7 Å². The maximum absolute atomic E-state index is 16.9. The molecule has 2 aliphatic rings. The van der Waals surface area contributed by atoms with Gasteiger partial charge in [0.15, 0.2) is 5.82 Å². The maximum Gasteiger partial charge on any atom is 0.246 e. The summed E-state index contributed by atoms with van der Waals surface area (Å²) in [4.78, 5) is 30.7. The molecule has 4 aromatic rings. The number of hydrogen-bond donors (Lipinski definition) is 1. The molecule has 9 nitrogen and oxygen atoms in total. The molecule has 2 aromatic carbocycles. The van der Waals surface area contributed by atoms with Gasteiger partial charge in [0.1, 0.15) is 11.3 Å². The summed E-state index contributed by atoms with van der Waals surface area (Å²) < 4.78 is 16.9. The Hall–Kier alpha value is -3.76. The van der Waals surface area contributed by atoms with Crippen molar-refractivity contribution in [3.05, 3.63) is 53.5 Å². The second-order valence-electron chi connectivity index (χ2n) is 11.2. The third-order valence-corrected chi connectivity index (χ3v) is 9.09. The van der Waals surface area contributed by atoms with Gasteiger partial charge >= 0.3 is 0 Å². The number of fused-ring (bicyclic) bond motifs is 2. The third-order valence-electron chi connectivity index (χ3n) is 8.79. The molecule has 4 heterocycles. The number of nitrogens with one attached hydrogen (secondary N) is 1. The van der Waals surface area contributed by atoms with Gasteiger partial charge in [-0.15, -0.1) is 0 Å². The standard InChI is InChI=1S/C31H36ClFN8O/c1-6-25(42)39-11-12-41(19(5)15-39)30-21-13-23(32)27(26-18(4)9-10-24-22(26)14-34-37-24)28(33)29(21)35-31(36-30)40-16-20(17-40)38(7-2)8-3/h6,9-10,13-14,19-20H,1,7-8,11-12,15-17H2,2-5H3,(H,34,37)/t19-/m0/s1. The van der Waals surface area contributed by atoms with E-state index >= 15 is 4.39 Å². The van der Waals surface area contributed by atoms with Gasteiger partial charge in [-0.05, 0) is 50.7 Å². The van der Waals surface area contributed by atoms with Crippen molar-refractivity contribution in [1.29, 1.82) is 0 Å². The molecule has 6 rings (SSSR count). The summed E-state index contributed by atoms with van der Waals surface area (Å²) in [7, 11) is 0. The zero-order chi connectivity index (χ0) is 29.7. The normalized spacial score (nSPS) is 17.9. The number of hydrogen-bond acceptors (Lipinski definition) is 7. The Bertz CT molecular complexity index is 1680. The number of carbonyl (C=O) groups is 1. The Morgan fingerprint density at radius 3 is 2.62 bits per heavy atom. The number of amides is 1. The van der Waals surface area contributed by atoms with E-state index in [0.29, 0.717) is 54.0 Å². The van der Waals surface area contributed by atoms with Gasteiger partial charge in [0.05, 0.1) is 16.7 Å². The molecule has 0 saturated carbocycles. The lowest BCUT2D eigenvalue weighted by Crippen LogP contribution is -2.60. The van der Waals surface area contributed by atoms with Crippen molar-refractivity contribution < 1.29 is 9.18 Å². The highest BCUT2D eigenvalue weighted by molar-refractivity contribution is 6.35. The smallest absolute Gasteiger partial charge is 0.246 e. The third kappa shape index (κ3) is 4.66. The van der Waals surface area contributed by atoms with E-state index in [2.05, 4.69) is 45.3 Å². The molecule has 0 radical (unpaired) electrons. The van der Waals surface area contributed by atoms with Crippen molar-refractivity contribution in [1.82, 2.24) is 30.0 Å². The van der Waals surface area contributed by atoms with Crippen LogP contribution in [0.3, 0.4) is 0 Å². The molecule has 2 aliphatic heterocycles. The van der Waals surface area contributed by atoms with Crippen LogP contribution in [0.5, 0.6) is 0 Å². The molecule has 1 atom stereocenters. The first kappa shape index (κ1) is 28.4. The number of halogens is 2. The number of H-pyrrole nitrogens is 1. The number of rotatable bonds is 7. The molecule has 1 amide bonds. The first-order valence-electron chi connectivity index (χ1n) is 14.5. The van der Waals surface area contributed by atoms with Gasteiger partial charge in [-0.3, -0.25) is 14.8 Å². The summed E-state index contributed by atoms with van der Waals surface area (Å²) in [5.41, 5.74) is 2.93. The van der Waals surface area contributed by atoms with E-state index in [4.69, 9.17) is 21.6 Å². The topological polar surface area (TPSA) is 84.5 Å². The fraction of sp³-hybridized carbons (Fsp3) is 0.419. The van der Waals surface area contributed by atoms with Crippen LogP contribution in [0.1, 0.15) is 26.3 Å². The summed E-state index contributed by atoms with van der Waals surface area (Å²) in [5, 5.41) is 8.79. The number of carbonyl (C=O) groups excluding carboxylic acids is 1. The van der Waals surface area contributed by atoms with Crippen molar-refractivity contribution in [2.75, 3.05) is 55.6 Å². The number of anilines is 2. The monoisotopic (exact) mass is 590 g/mol. The Labute approximate surface area is 249 Å². The lowest BCUT2D eigenvalue weighted by atomic mass is 9.95. The first-order valence-corrected chi connectivity index (χ1v) is 14.9.